The van der Waals surface area contributed by atoms with Gasteiger partial charge < -0.3 is 10.1 Å². The van der Waals surface area contributed by atoms with E-state index < -0.39 is 11.7 Å². The van der Waals surface area contributed by atoms with Gasteiger partial charge in [-0.3, -0.25) is 5.32 Å². The van der Waals surface area contributed by atoms with Gasteiger partial charge in [0.05, 0.1) is 5.69 Å². The number of rotatable bonds is 4. The highest BCUT2D eigenvalue weighted by atomic mass is 19.1. The minimum Gasteiger partial charge on any atom is -0.444 e. The van der Waals surface area contributed by atoms with Crippen LogP contribution in [0.15, 0.2) is 18.2 Å². The van der Waals surface area contributed by atoms with Crippen molar-refractivity contribution in [3.8, 4) is 0 Å². The Balaban J connectivity index is 1.93. The SMILES string of the molecule is CC(C)(C)OC(=O)Nc1ccc(F)c(NCC2CCCCC2)c1. The van der Waals surface area contributed by atoms with E-state index in [0.29, 0.717) is 17.3 Å². The molecule has 1 aromatic rings. The van der Waals surface area contributed by atoms with Crippen molar-refractivity contribution in [2.24, 2.45) is 5.92 Å². The number of amides is 1. The van der Waals surface area contributed by atoms with Crippen molar-refractivity contribution in [3.05, 3.63) is 24.0 Å². The zero-order valence-corrected chi connectivity index (χ0v) is 14.2. The third kappa shape index (κ3) is 6.08. The first-order valence-corrected chi connectivity index (χ1v) is 8.37. The maximum atomic E-state index is 13.9. The molecule has 4 nitrogen and oxygen atoms in total. The van der Waals surface area contributed by atoms with E-state index in [2.05, 4.69) is 10.6 Å². The number of nitrogens with one attached hydrogen (secondary N) is 2. The molecule has 2 rings (SSSR count). The van der Waals surface area contributed by atoms with Gasteiger partial charge >= 0.3 is 6.09 Å². The summed E-state index contributed by atoms with van der Waals surface area (Å²) in [5.74, 6) is 0.293. The van der Waals surface area contributed by atoms with E-state index in [1.165, 1.54) is 44.2 Å². The van der Waals surface area contributed by atoms with Gasteiger partial charge in [-0.2, -0.15) is 0 Å². The second-order valence-electron chi connectivity index (χ2n) is 7.21. The molecule has 23 heavy (non-hydrogen) atoms. The predicted octanol–water partition coefficient (Wildman–Crippen LogP) is 5.16. The lowest BCUT2D eigenvalue weighted by Gasteiger charge is -2.23. The zero-order valence-electron chi connectivity index (χ0n) is 14.2. The Morgan fingerprint density at radius 1 is 1.26 bits per heavy atom. The lowest BCUT2D eigenvalue weighted by atomic mass is 9.89. The van der Waals surface area contributed by atoms with E-state index >= 15 is 0 Å². The lowest BCUT2D eigenvalue weighted by molar-refractivity contribution is 0.0636. The summed E-state index contributed by atoms with van der Waals surface area (Å²) in [7, 11) is 0. The lowest BCUT2D eigenvalue weighted by Crippen LogP contribution is -2.27. The number of carbonyl (C=O) groups is 1. The van der Waals surface area contributed by atoms with Crippen LogP contribution in [0, 0.1) is 11.7 Å². The molecule has 0 heterocycles. The zero-order chi connectivity index (χ0) is 16.9. The number of benzene rings is 1. The van der Waals surface area contributed by atoms with Gasteiger partial charge in [-0.25, -0.2) is 9.18 Å². The molecule has 1 aromatic carbocycles. The van der Waals surface area contributed by atoms with Gasteiger partial charge in [0.2, 0.25) is 0 Å². The Bertz CT molecular complexity index is 534. The highest BCUT2D eigenvalue weighted by molar-refractivity contribution is 5.85. The molecule has 0 aromatic heterocycles. The van der Waals surface area contributed by atoms with Crippen LogP contribution in [-0.2, 0) is 4.74 Å². The number of ether oxygens (including phenoxy) is 1. The molecule has 0 aliphatic heterocycles. The van der Waals surface area contributed by atoms with Crippen LogP contribution in [-0.4, -0.2) is 18.2 Å². The van der Waals surface area contributed by atoms with Gasteiger partial charge in [-0.05, 0) is 57.7 Å². The minimum absolute atomic E-state index is 0.310. The number of hydrogen-bond acceptors (Lipinski definition) is 3. The molecule has 1 aliphatic carbocycles. The van der Waals surface area contributed by atoms with Crippen LogP contribution in [0.4, 0.5) is 20.6 Å². The van der Waals surface area contributed by atoms with E-state index in [-0.39, 0.29) is 5.82 Å². The summed E-state index contributed by atoms with van der Waals surface area (Å²) in [5, 5.41) is 5.81. The Morgan fingerprint density at radius 2 is 1.96 bits per heavy atom. The Kier molecular flexibility index (Phi) is 5.85. The first-order valence-electron chi connectivity index (χ1n) is 8.37. The number of halogens is 1. The van der Waals surface area contributed by atoms with E-state index in [1.54, 1.807) is 26.8 Å². The Labute approximate surface area is 137 Å². The first-order chi connectivity index (χ1) is 10.8. The largest absolute Gasteiger partial charge is 0.444 e. The van der Waals surface area contributed by atoms with Gasteiger partial charge in [0.15, 0.2) is 0 Å². The topological polar surface area (TPSA) is 50.4 Å². The third-order valence-electron chi connectivity index (χ3n) is 3.92. The van der Waals surface area contributed by atoms with Crippen LogP contribution >= 0.6 is 0 Å². The van der Waals surface area contributed by atoms with Crippen LogP contribution in [0.3, 0.4) is 0 Å². The molecule has 1 saturated carbocycles. The number of carbonyl (C=O) groups excluding carboxylic acids is 1. The van der Waals surface area contributed by atoms with Crippen LogP contribution in [0.5, 0.6) is 0 Å². The summed E-state index contributed by atoms with van der Waals surface area (Å²) in [6.07, 6.45) is 5.68. The maximum Gasteiger partial charge on any atom is 0.412 e. The smallest absolute Gasteiger partial charge is 0.412 e. The van der Waals surface area contributed by atoms with Crippen molar-refractivity contribution in [3.63, 3.8) is 0 Å². The molecular weight excluding hydrogens is 295 g/mol. The highest BCUT2D eigenvalue weighted by Crippen LogP contribution is 2.26. The van der Waals surface area contributed by atoms with Crippen molar-refractivity contribution < 1.29 is 13.9 Å². The Morgan fingerprint density at radius 3 is 2.61 bits per heavy atom. The molecule has 2 N–H and O–H groups in total. The molecule has 1 fully saturated rings. The van der Waals surface area contributed by atoms with E-state index in [4.69, 9.17) is 4.74 Å². The fraction of sp³-hybridized carbons (Fsp3) is 0.611. The second-order valence-corrected chi connectivity index (χ2v) is 7.21. The molecule has 0 atom stereocenters. The van der Waals surface area contributed by atoms with Crippen molar-refractivity contribution in [1.82, 2.24) is 0 Å². The van der Waals surface area contributed by atoms with Crippen LogP contribution < -0.4 is 10.6 Å². The van der Waals surface area contributed by atoms with Crippen LogP contribution in [0.1, 0.15) is 52.9 Å². The molecular formula is C18H27FN2O2. The maximum absolute atomic E-state index is 13.9. The number of hydrogen-bond donors (Lipinski definition) is 2. The summed E-state index contributed by atoms with van der Waals surface area (Å²) in [6, 6.07) is 4.50. The van der Waals surface area contributed by atoms with Crippen molar-refractivity contribution in [1.29, 1.82) is 0 Å². The molecule has 0 saturated heterocycles. The highest BCUT2D eigenvalue weighted by Gasteiger charge is 2.17. The molecule has 0 unspecified atom stereocenters. The molecule has 128 valence electrons. The second kappa shape index (κ2) is 7.66. The summed E-state index contributed by atoms with van der Waals surface area (Å²) in [4.78, 5) is 11.8. The minimum atomic E-state index is -0.563. The average molecular weight is 322 g/mol. The van der Waals surface area contributed by atoms with Crippen LogP contribution in [0.2, 0.25) is 0 Å². The van der Waals surface area contributed by atoms with Crippen molar-refractivity contribution in [2.45, 2.75) is 58.5 Å². The summed E-state index contributed by atoms with van der Waals surface area (Å²) < 4.78 is 19.1. The molecule has 1 amide bonds. The van der Waals surface area contributed by atoms with E-state index in [1.807, 2.05) is 0 Å². The molecule has 5 heteroatoms. The quantitative estimate of drug-likeness (QED) is 0.804. The fourth-order valence-electron chi connectivity index (χ4n) is 2.81. The standard InChI is InChI=1S/C18H27FN2O2/c1-18(2,3)23-17(22)21-14-9-10-15(19)16(11-14)20-12-13-7-5-4-6-8-13/h9-11,13,20H,4-8,12H2,1-3H3,(H,21,22). The van der Waals surface area contributed by atoms with Crippen molar-refractivity contribution >= 4 is 17.5 Å². The van der Waals surface area contributed by atoms with E-state index in [9.17, 15) is 9.18 Å². The Hall–Kier alpha value is -1.78. The van der Waals surface area contributed by atoms with Gasteiger partial charge in [-0.15, -0.1) is 0 Å². The molecule has 1 aliphatic rings. The average Bonchev–Trinajstić information content (AvgIpc) is 2.47. The van der Waals surface area contributed by atoms with Gasteiger partial charge in [0, 0.05) is 12.2 Å². The summed E-state index contributed by atoms with van der Waals surface area (Å²) in [5.41, 5.74) is 0.377. The fourth-order valence-corrected chi connectivity index (χ4v) is 2.81. The van der Waals surface area contributed by atoms with Crippen LogP contribution in [0.25, 0.3) is 0 Å². The van der Waals surface area contributed by atoms with Gasteiger partial charge in [0.1, 0.15) is 11.4 Å². The van der Waals surface area contributed by atoms with Gasteiger partial charge in [0.25, 0.3) is 0 Å². The number of anilines is 2. The summed E-state index contributed by atoms with van der Waals surface area (Å²) >= 11 is 0. The molecule has 0 radical (unpaired) electrons. The van der Waals surface area contributed by atoms with Crippen molar-refractivity contribution in [2.75, 3.05) is 17.2 Å². The normalized spacial score (nSPS) is 16.0. The molecule has 0 bridgehead atoms. The van der Waals surface area contributed by atoms with E-state index in [0.717, 1.165) is 6.54 Å². The van der Waals surface area contributed by atoms with Gasteiger partial charge in [-0.1, -0.05) is 19.3 Å². The monoisotopic (exact) mass is 322 g/mol. The first kappa shape index (κ1) is 17.6. The third-order valence-corrected chi connectivity index (χ3v) is 3.92. The molecule has 0 spiro atoms. The summed E-state index contributed by atoms with van der Waals surface area (Å²) in [6.45, 7) is 6.17. The predicted molar refractivity (Wildman–Crippen MR) is 91.3 cm³/mol.